The van der Waals surface area contributed by atoms with Crippen molar-refractivity contribution in [2.75, 3.05) is 18.5 Å². The largest absolute Gasteiger partial charge is 0.381 e. The number of pyridine rings is 1. The Morgan fingerprint density at radius 2 is 2.17 bits per heavy atom. The van der Waals surface area contributed by atoms with Crippen molar-refractivity contribution in [2.45, 2.75) is 39.3 Å². The Kier molecular flexibility index (Phi) is 5.11. The maximum atomic E-state index is 9.48. The smallest absolute Gasteiger partial charge is 0.144 e. The van der Waals surface area contributed by atoms with Crippen LogP contribution in [-0.4, -0.2) is 27.7 Å². The van der Waals surface area contributed by atoms with Gasteiger partial charge in [0.2, 0.25) is 0 Å². The van der Waals surface area contributed by atoms with E-state index in [9.17, 15) is 5.26 Å². The molecule has 2 aromatic rings. The first-order chi connectivity index (χ1) is 11.7. The summed E-state index contributed by atoms with van der Waals surface area (Å²) in [5.41, 5.74) is 1.53. The van der Waals surface area contributed by atoms with Crippen molar-refractivity contribution in [3.05, 3.63) is 41.6 Å². The highest BCUT2D eigenvalue weighted by molar-refractivity contribution is 5.56. The molecule has 0 spiro atoms. The number of nitrogens with one attached hydrogen (secondary N) is 1. The normalized spacial score (nSPS) is 16.5. The topological polar surface area (TPSA) is 75.8 Å². The molecule has 0 bridgehead atoms. The number of nitriles is 1. The molecule has 0 amide bonds. The Bertz CT molecular complexity index is 727. The Morgan fingerprint density at radius 1 is 1.38 bits per heavy atom. The first-order valence-corrected chi connectivity index (χ1v) is 8.45. The zero-order valence-corrected chi connectivity index (χ0v) is 14.2. The van der Waals surface area contributed by atoms with Crippen molar-refractivity contribution < 1.29 is 4.74 Å². The van der Waals surface area contributed by atoms with Gasteiger partial charge < -0.3 is 14.6 Å². The molecular formula is C18H23N5O. The van der Waals surface area contributed by atoms with Crippen molar-refractivity contribution in [1.82, 2.24) is 14.5 Å². The van der Waals surface area contributed by atoms with Gasteiger partial charge >= 0.3 is 0 Å². The number of aromatic nitrogens is 3. The molecule has 1 fully saturated rings. The van der Waals surface area contributed by atoms with Crippen LogP contribution >= 0.6 is 0 Å². The molecule has 0 saturated carbocycles. The lowest BCUT2D eigenvalue weighted by molar-refractivity contribution is 0.0593. The fourth-order valence-corrected chi connectivity index (χ4v) is 3.27. The van der Waals surface area contributed by atoms with Crippen LogP contribution in [0, 0.1) is 24.2 Å². The fraction of sp³-hybridized carbons (Fsp3) is 0.500. The van der Waals surface area contributed by atoms with Crippen molar-refractivity contribution in [2.24, 2.45) is 5.92 Å². The summed E-state index contributed by atoms with van der Waals surface area (Å²) in [4.78, 5) is 8.99. The van der Waals surface area contributed by atoms with Crippen LogP contribution in [0.4, 0.5) is 5.82 Å². The lowest BCUT2D eigenvalue weighted by Crippen LogP contribution is -2.29. The lowest BCUT2D eigenvalue weighted by Gasteiger charge is -2.31. The summed E-state index contributed by atoms with van der Waals surface area (Å²) < 4.78 is 7.66. The van der Waals surface area contributed by atoms with Crippen molar-refractivity contribution in [3.63, 3.8) is 0 Å². The van der Waals surface area contributed by atoms with Gasteiger partial charge in [0.1, 0.15) is 17.7 Å². The van der Waals surface area contributed by atoms with E-state index in [2.05, 4.69) is 32.8 Å². The molecule has 1 unspecified atom stereocenters. The second-order valence-corrected chi connectivity index (χ2v) is 6.11. The van der Waals surface area contributed by atoms with E-state index in [1.54, 1.807) is 6.20 Å². The third kappa shape index (κ3) is 3.26. The minimum Gasteiger partial charge on any atom is -0.381 e. The van der Waals surface area contributed by atoms with E-state index in [1.807, 2.05) is 25.4 Å². The Balaban J connectivity index is 1.96. The maximum absolute atomic E-state index is 9.48. The van der Waals surface area contributed by atoms with Gasteiger partial charge in [0, 0.05) is 38.3 Å². The minimum absolute atomic E-state index is 0.0187. The number of aryl methyl sites for hydroxylation is 2. The van der Waals surface area contributed by atoms with E-state index < -0.39 is 0 Å². The quantitative estimate of drug-likeness (QED) is 0.914. The van der Waals surface area contributed by atoms with Crippen LogP contribution in [0.5, 0.6) is 0 Å². The molecule has 0 radical (unpaired) electrons. The molecule has 2 aromatic heterocycles. The van der Waals surface area contributed by atoms with Gasteiger partial charge in [-0.25, -0.2) is 9.97 Å². The zero-order chi connectivity index (χ0) is 16.9. The average Bonchev–Trinajstić information content (AvgIpc) is 3.09. The zero-order valence-electron chi connectivity index (χ0n) is 14.2. The Labute approximate surface area is 142 Å². The molecule has 0 aromatic carbocycles. The summed E-state index contributed by atoms with van der Waals surface area (Å²) in [6.45, 7) is 6.44. The SMILES string of the molecule is CCn1ccnc1C(Nc1nccc(C)c1C#N)C1CCOCC1. The number of ether oxygens (including phenoxy) is 1. The van der Waals surface area contributed by atoms with Crippen LogP contribution < -0.4 is 5.32 Å². The first-order valence-electron chi connectivity index (χ1n) is 8.45. The molecule has 3 heterocycles. The Morgan fingerprint density at radius 3 is 2.88 bits per heavy atom. The summed E-state index contributed by atoms with van der Waals surface area (Å²) in [5, 5.41) is 13.0. The number of hydrogen-bond acceptors (Lipinski definition) is 5. The molecule has 6 nitrogen and oxygen atoms in total. The van der Waals surface area contributed by atoms with E-state index in [0.717, 1.165) is 44.0 Å². The maximum Gasteiger partial charge on any atom is 0.144 e. The summed E-state index contributed by atoms with van der Waals surface area (Å²) in [7, 11) is 0. The number of nitrogens with zero attached hydrogens (tertiary/aromatic N) is 4. The molecule has 126 valence electrons. The number of imidazole rings is 1. The highest BCUT2D eigenvalue weighted by Gasteiger charge is 2.29. The second kappa shape index (κ2) is 7.45. The van der Waals surface area contributed by atoms with E-state index in [4.69, 9.17) is 4.74 Å². The van der Waals surface area contributed by atoms with Crippen LogP contribution in [0.25, 0.3) is 0 Å². The van der Waals surface area contributed by atoms with E-state index in [1.165, 1.54) is 0 Å². The summed E-state index contributed by atoms with van der Waals surface area (Å²) >= 11 is 0. The molecule has 1 atom stereocenters. The van der Waals surface area contributed by atoms with Gasteiger partial charge in [-0.2, -0.15) is 5.26 Å². The molecule has 6 heteroatoms. The summed E-state index contributed by atoms with van der Waals surface area (Å²) in [6, 6.07) is 4.15. The fourth-order valence-electron chi connectivity index (χ4n) is 3.27. The summed E-state index contributed by atoms with van der Waals surface area (Å²) in [5.74, 6) is 2.04. The predicted octanol–water partition coefficient (Wildman–Crippen LogP) is 3.06. The Hall–Kier alpha value is -2.39. The number of hydrogen-bond donors (Lipinski definition) is 1. The highest BCUT2D eigenvalue weighted by atomic mass is 16.5. The van der Waals surface area contributed by atoms with Crippen molar-refractivity contribution >= 4 is 5.82 Å². The molecule has 1 aliphatic heterocycles. The predicted molar refractivity (Wildman–Crippen MR) is 91.5 cm³/mol. The lowest BCUT2D eigenvalue weighted by atomic mass is 9.90. The molecule has 1 aliphatic rings. The van der Waals surface area contributed by atoms with Gasteiger partial charge in [0.05, 0.1) is 11.6 Å². The second-order valence-electron chi connectivity index (χ2n) is 6.11. The van der Waals surface area contributed by atoms with Crippen LogP contribution in [-0.2, 0) is 11.3 Å². The van der Waals surface area contributed by atoms with Crippen molar-refractivity contribution in [3.8, 4) is 6.07 Å². The van der Waals surface area contributed by atoms with E-state index >= 15 is 0 Å². The van der Waals surface area contributed by atoms with Gasteiger partial charge in [0.25, 0.3) is 0 Å². The average molecular weight is 325 g/mol. The van der Waals surface area contributed by atoms with Crippen LogP contribution in [0.2, 0.25) is 0 Å². The molecule has 24 heavy (non-hydrogen) atoms. The molecular weight excluding hydrogens is 302 g/mol. The number of anilines is 1. The van der Waals surface area contributed by atoms with Crippen LogP contribution in [0.3, 0.4) is 0 Å². The van der Waals surface area contributed by atoms with Gasteiger partial charge in [-0.05, 0) is 44.2 Å². The van der Waals surface area contributed by atoms with Crippen molar-refractivity contribution in [1.29, 1.82) is 5.26 Å². The number of rotatable bonds is 5. The van der Waals surface area contributed by atoms with Gasteiger partial charge in [-0.15, -0.1) is 0 Å². The first kappa shape index (κ1) is 16.5. The third-order valence-electron chi connectivity index (χ3n) is 4.67. The van der Waals surface area contributed by atoms with Crippen LogP contribution in [0.15, 0.2) is 24.7 Å². The molecule has 3 rings (SSSR count). The van der Waals surface area contributed by atoms with Gasteiger partial charge in [-0.1, -0.05) is 0 Å². The van der Waals surface area contributed by atoms with E-state index in [-0.39, 0.29) is 6.04 Å². The van der Waals surface area contributed by atoms with E-state index in [0.29, 0.717) is 17.3 Å². The molecule has 0 aliphatic carbocycles. The monoisotopic (exact) mass is 325 g/mol. The van der Waals surface area contributed by atoms with Gasteiger partial charge in [-0.3, -0.25) is 0 Å². The molecule has 1 N–H and O–H groups in total. The third-order valence-corrected chi connectivity index (χ3v) is 4.67. The van der Waals surface area contributed by atoms with Gasteiger partial charge in [0.15, 0.2) is 0 Å². The van der Waals surface area contributed by atoms with Crippen LogP contribution in [0.1, 0.15) is 42.8 Å². The summed E-state index contributed by atoms with van der Waals surface area (Å²) in [6.07, 6.45) is 7.52. The highest BCUT2D eigenvalue weighted by Crippen LogP contribution is 2.33. The minimum atomic E-state index is 0.0187. The standard InChI is InChI=1S/C18H23N5O/c1-3-23-9-8-21-18(23)16(14-5-10-24-11-6-14)22-17-15(12-19)13(2)4-7-20-17/h4,7-9,14,16H,3,5-6,10-11H2,1-2H3,(H,20,22). The molecule has 1 saturated heterocycles.